The molecule has 0 fully saturated rings. The number of methoxy groups -OCH3 is 2. The standard InChI is InChI=1S/C19H20N2O4/c1-24-13-19(23)21-16-12-15(9-10-17(16)25-2)20-18(22)11-8-14-6-4-3-5-7-14/h3-12H,13H2,1-2H3,(H,20,22)(H,21,23). The number of benzene rings is 2. The van der Waals surface area contributed by atoms with E-state index in [1.54, 1.807) is 24.3 Å². The molecule has 0 atom stereocenters. The van der Waals surface area contributed by atoms with Gasteiger partial charge in [0.05, 0.1) is 12.8 Å². The second-order valence-corrected chi connectivity index (χ2v) is 5.13. The first kappa shape index (κ1) is 18.2. The van der Waals surface area contributed by atoms with Gasteiger partial charge in [0, 0.05) is 18.9 Å². The molecular formula is C19H20N2O4. The SMILES string of the molecule is COCC(=O)Nc1cc(NC(=O)C=Cc2ccccc2)ccc1OC. The van der Waals surface area contributed by atoms with Crippen molar-refractivity contribution in [2.24, 2.45) is 0 Å². The Labute approximate surface area is 146 Å². The van der Waals surface area contributed by atoms with Crippen molar-refractivity contribution in [1.29, 1.82) is 0 Å². The van der Waals surface area contributed by atoms with Crippen molar-refractivity contribution < 1.29 is 19.1 Å². The topological polar surface area (TPSA) is 76.7 Å². The Morgan fingerprint density at radius 1 is 1.04 bits per heavy atom. The van der Waals surface area contributed by atoms with Gasteiger partial charge in [-0.2, -0.15) is 0 Å². The molecule has 130 valence electrons. The maximum Gasteiger partial charge on any atom is 0.250 e. The smallest absolute Gasteiger partial charge is 0.250 e. The van der Waals surface area contributed by atoms with Crippen LogP contribution in [0.15, 0.2) is 54.6 Å². The van der Waals surface area contributed by atoms with Gasteiger partial charge >= 0.3 is 0 Å². The molecule has 2 N–H and O–H groups in total. The van der Waals surface area contributed by atoms with Gasteiger partial charge in [0.15, 0.2) is 0 Å². The third-order valence-corrected chi connectivity index (χ3v) is 3.24. The first-order valence-corrected chi connectivity index (χ1v) is 7.63. The molecule has 0 unspecified atom stereocenters. The van der Waals surface area contributed by atoms with E-state index in [2.05, 4.69) is 10.6 Å². The summed E-state index contributed by atoms with van der Waals surface area (Å²) in [6, 6.07) is 14.5. The van der Waals surface area contributed by atoms with E-state index < -0.39 is 0 Å². The molecule has 0 aliphatic heterocycles. The predicted octanol–water partition coefficient (Wildman–Crippen LogP) is 2.93. The Bertz CT molecular complexity index is 757. The summed E-state index contributed by atoms with van der Waals surface area (Å²) in [5.41, 5.74) is 1.92. The van der Waals surface area contributed by atoms with Crippen LogP contribution in [0.5, 0.6) is 5.75 Å². The summed E-state index contributed by atoms with van der Waals surface area (Å²) in [7, 11) is 2.94. The molecule has 0 aromatic heterocycles. The minimum atomic E-state index is -0.312. The van der Waals surface area contributed by atoms with Crippen LogP contribution in [-0.4, -0.2) is 32.6 Å². The molecular weight excluding hydrogens is 320 g/mol. The van der Waals surface area contributed by atoms with E-state index in [4.69, 9.17) is 9.47 Å². The summed E-state index contributed by atoms with van der Waals surface area (Å²) in [6.07, 6.45) is 3.17. The largest absolute Gasteiger partial charge is 0.495 e. The zero-order valence-corrected chi connectivity index (χ0v) is 14.1. The highest BCUT2D eigenvalue weighted by atomic mass is 16.5. The van der Waals surface area contributed by atoms with Crippen LogP contribution < -0.4 is 15.4 Å². The lowest BCUT2D eigenvalue weighted by Crippen LogP contribution is -2.18. The second kappa shape index (κ2) is 9.24. The van der Waals surface area contributed by atoms with Crippen molar-refractivity contribution in [3.63, 3.8) is 0 Å². The molecule has 0 saturated heterocycles. The van der Waals surface area contributed by atoms with Gasteiger partial charge in [-0.05, 0) is 29.8 Å². The Morgan fingerprint density at radius 2 is 1.80 bits per heavy atom. The molecule has 2 rings (SSSR count). The highest BCUT2D eigenvalue weighted by Gasteiger charge is 2.09. The van der Waals surface area contributed by atoms with Gasteiger partial charge in [-0.1, -0.05) is 30.3 Å². The van der Waals surface area contributed by atoms with Gasteiger partial charge < -0.3 is 20.1 Å². The maximum atomic E-state index is 12.0. The summed E-state index contributed by atoms with van der Waals surface area (Å²) in [5.74, 6) is -0.0984. The number of hydrogen-bond acceptors (Lipinski definition) is 4. The molecule has 2 aromatic carbocycles. The number of carbonyl (C=O) groups is 2. The normalized spacial score (nSPS) is 10.5. The Morgan fingerprint density at radius 3 is 2.48 bits per heavy atom. The lowest BCUT2D eigenvalue weighted by molar-refractivity contribution is -0.119. The Kier molecular flexibility index (Phi) is 6.74. The third kappa shape index (κ3) is 5.78. The summed E-state index contributed by atoms with van der Waals surface area (Å²) in [4.78, 5) is 23.7. The molecule has 0 saturated carbocycles. The third-order valence-electron chi connectivity index (χ3n) is 3.24. The summed E-state index contributed by atoms with van der Waals surface area (Å²) in [6.45, 7) is -0.0699. The van der Waals surface area contributed by atoms with E-state index in [0.717, 1.165) is 5.56 Å². The van der Waals surface area contributed by atoms with Crippen LogP contribution in [0.1, 0.15) is 5.56 Å². The van der Waals surface area contributed by atoms with E-state index in [9.17, 15) is 9.59 Å². The minimum absolute atomic E-state index is 0.0699. The van der Waals surface area contributed by atoms with Crippen molar-refractivity contribution in [2.75, 3.05) is 31.5 Å². The molecule has 0 bridgehead atoms. The number of carbonyl (C=O) groups excluding carboxylic acids is 2. The number of hydrogen-bond donors (Lipinski definition) is 2. The zero-order valence-electron chi connectivity index (χ0n) is 14.1. The number of ether oxygens (including phenoxy) is 2. The van der Waals surface area contributed by atoms with Crippen LogP contribution in [0.2, 0.25) is 0 Å². The number of amides is 2. The maximum absolute atomic E-state index is 12.0. The monoisotopic (exact) mass is 340 g/mol. The van der Waals surface area contributed by atoms with Crippen LogP contribution in [0.3, 0.4) is 0 Å². The number of nitrogens with one attached hydrogen (secondary N) is 2. The molecule has 0 heterocycles. The number of rotatable bonds is 7. The number of anilines is 2. The highest BCUT2D eigenvalue weighted by molar-refractivity contribution is 6.02. The molecule has 0 aliphatic rings. The van der Waals surface area contributed by atoms with E-state index >= 15 is 0 Å². The van der Waals surface area contributed by atoms with E-state index in [1.807, 2.05) is 30.3 Å². The quantitative estimate of drug-likeness (QED) is 0.760. The minimum Gasteiger partial charge on any atom is -0.495 e. The molecule has 0 aliphatic carbocycles. The van der Waals surface area contributed by atoms with Crippen molar-refractivity contribution in [2.45, 2.75) is 0 Å². The molecule has 6 nitrogen and oxygen atoms in total. The van der Waals surface area contributed by atoms with Crippen LogP contribution in [0.4, 0.5) is 11.4 Å². The molecule has 2 aromatic rings. The van der Waals surface area contributed by atoms with Gasteiger partial charge in [-0.15, -0.1) is 0 Å². The summed E-state index contributed by atoms with van der Waals surface area (Å²) >= 11 is 0. The van der Waals surface area contributed by atoms with Gasteiger partial charge in [0.25, 0.3) is 0 Å². The first-order valence-electron chi connectivity index (χ1n) is 7.63. The fraction of sp³-hybridized carbons (Fsp3) is 0.158. The fourth-order valence-corrected chi connectivity index (χ4v) is 2.12. The van der Waals surface area contributed by atoms with Crippen molar-refractivity contribution in [3.05, 3.63) is 60.2 Å². The molecule has 6 heteroatoms. The van der Waals surface area contributed by atoms with E-state index in [-0.39, 0.29) is 18.4 Å². The van der Waals surface area contributed by atoms with Crippen LogP contribution in [0.25, 0.3) is 6.08 Å². The van der Waals surface area contributed by atoms with Gasteiger partial charge in [-0.25, -0.2) is 0 Å². The van der Waals surface area contributed by atoms with Crippen molar-refractivity contribution in [3.8, 4) is 5.75 Å². The average Bonchev–Trinajstić information content (AvgIpc) is 2.61. The second-order valence-electron chi connectivity index (χ2n) is 5.13. The average molecular weight is 340 g/mol. The van der Waals surface area contributed by atoms with Gasteiger partial charge in [-0.3, -0.25) is 9.59 Å². The van der Waals surface area contributed by atoms with E-state index in [1.165, 1.54) is 20.3 Å². The zero-order chi connectivity index (χ0) is 18.1. The Hall–Kier alpha value is -3.12. The van der Waals surface area contributed by atoms with Crippen LogP contribution in [-0.2, 0) is 14.3 Å². The van der Waals surface area contributed by atoms with Crippen molar-refractivity contribution in [1.82, 2.24) is 0 Å². The highest BCUT2D eigenvalue weighted by Crippen LogP contribution is 2.27. The molecule has 2 amide bonds. The van der Waals surface area contributed by atoms with Crippen LogP contribution >= 0.6 is 0 Å². The van der Waals surface area contributed by atoms with E-state index in [0.29, 0.717) is 17.1 Å². The molecule has 0 spiro atoms. The van der Waals surface area contributed by atoms with Gasteiger partial charge in [0.2, 0.25) is 11.8 Å². The van der Waals surface area contributed by atoms with Crippen molar-refractivity contribution >= 4 is 29.3 Å². The fourth-order valence-electron chi connectivity index (χ4n) is 2.12. The van der Waals surface area contributed by atoms with Gasteiger partial charge in [0.1, 0.15) is 12.4 Å². The van der Waals surface area contributed by atoms with Crippen LogP contribution in [0, 0.1) is 0 Å². The summed E-state index contributed by atoms with van der Waals surface area (Å²) in [5, 5.41) is 5.42. The predicted molar refractivity (Wildman–Crippen MR) is 97.6 cm³/mol. The lowest BCUT2D eigenvalue weighted by atomic mass is 10.2. The molecule has 0 radical (unpaired) electrons. The summed E-state index contributed by atoms with van der Waals surface area (Å²) < 4.78 is 9.99. The lowest BCUT2D eigenvalue weighted by Gasteiger charge is -2.12. The Balaban J connectivity index is 2.07. The molecule has 25 heavy (non-hydrogen) atoms. The first-order chi connectivity index (χ1) is 12.1.